The zero-order valence-electron chi connectivity index (χ0n) is 10.2. The van der Waals surface area contributed by atoms with E-state index >= 15 is 0 Å². The SMILES string of the molecule is Cc1nc2cc(NC(C)(C)CO)c(N)cc2s1. The van der Waals surface area contributed by atoms with E-state index in [2.05, 4.69) is 10.3 Å². The number of nitrogens with zero attached hydrogens (tertiary/aromatic N) is 1. The van der Waals surface area contributed by atoms with Crippen LogP contribution in [0.5, 0.6) is 0 Å². The standard InChI is InChI=1S/C12H17N3OS/c1-7-14-10-5-9(15-12(2,3)6-16)8(13)4-11(10)17-7/h4-5,15-16H,6,13H2,1-3H3. The Hall–Kier alpha value is -1.33. The van der Waals surface area contributed by atoms with Crippen molar-refractivity contribution in [2.75, 3.05) is 17.7 Å². The van der Waals surface area contributed by atoms with Crippen molar-refractivity contribution >= 4 is 32.9 Å². The van der Waals surface area contributed by atoms with E-state index in [4.69, 9.17) is 5.73 Å². The van der Waals surface area contributed by atoms with Gasteiger partial charge in [-0.05, 0) is 32.9 Å². The van der Waals surface area contributed by atoms with E-state index < -0.39 is 5.54 Å². The molecule has 92 valence electrons. The highest BCUT2D eigenvalue weighted by Gasteiger charge is 2.17. The summed E-state index contributed by atoms with van der Waals surface area (Å²) in [6.07, 6.45) is 0. The number of nitrogens with two attached hydrogens (primary N) is 1. The first-order chi connectivity index (χ1) is 7.91. The van der Waals surface area contributed by atoms with Crippen molar-refractivity contribution in [1.29, 1.82) is 0 Å². The van der Waals surface area contributed by atoms with Crippen LogP contribution < -0.4 is 11.1 Å². The van der Waals surface area contributed by atoms with E-state index in [1.165, 1.54) is 0 Å². The second kappa shape index (κ2) is 4.16. The third-order valence-electron chi connectivity index (χ3n) is 2.54. The highest BCUT2D eigenvalue weighted by Crippen LogP contribution is 2.31. The molecule has 0 amide bonds. The van der Waals surface area contributed by atoms with E-state index in [0.29, 0.717) is 5.69 Å². The molecule has 2 aromatic rings. The fraction of sp³-hybridized carbons (Fsp3) is 0.417. The second-order valence-electron chi connectivity index (χ2n) is 4.81. The number of aliphatic hydroxyl groups excluding tert-OH is 1. The summed E-state index contributed by atoms with van der Waals surface area (Å²) in [5.74, 6) is 0. The molecule has 1 aromatic heterocycles. The summed E-state index contributed by atoms with van der Waals surface area (Å²) >= 11 is 1.63. The van der Waals surface area contributed by atoms with E-state index in [0.717, 1.165) is 20.9 Å². The Labute approximate surface area is 104 Å². The number of aryl methyl sites for hydroxylation is 1. The maximum atomic E-state index is 9.25. The monoisotopic (exact) mass is 251 g/mol. The number of aliphatic hydroxyl groups is 1. The number of benzene rings is 1. The first-order valence-corrected chi connectivity index (χ1v) is 6.29. The topological polar surface area (TPSA) is 71.2 Å². The van der Waals surface area contributed by atoms with Gasteiger partial charge in [-0.3, -0.25) is 0 Å². The Kier molecular flexibility index (Phi) is 2.97. The fourth-order valence-corrected chi connectivity index (χ4v) is 2.47. The van der Waals surface area contributed by atoms with E-state index in [1.54, 1.807) is 11.3 Å². The molecule has 17 heavy (non-hydrogen) atoms. The van der Waals surface area contributed by atoms with Crippen LogP contribution in [0.3, 0.4) is 0 Å². The quantitative estimate of drug-likeness (QED) is 0.732. The lowest BCUT2D eigenvalue weighted by atomic mass is 10.1. The van der Waals surface area contributed by atoms with Gasteiger partial charge in [0.05, 0.1) is 38.7 Å². The number of fused-ring (bicyclic) bond motifs is 1. The van der Waals surface area contributed by atoms with Gasteiger partial charge >= 0.3 is 0 Å². The average Bonchev–Trinajstić information content (AvgIpc) is 2.58. The zero-order chi connectivity index (χ0) is 12.6. The Morgan fingerprint density at radius 2 is 2.18 bits per heavy atom. The van der Waals surface area contributed by atoms with Gasteiger partial charge in [0.15, 0.2) is 0 Å². The molecule has 0 bridgehead atoms. The molecular formula is C12H17N3OS. The lowest BCUT2D eigenvalue weighted by Gasteiger charge is -2.25. The molecule has 5 heteroatoms. The molecule has 0 radical (unpaired) electrons. The number of aromatic nitrogens is 1. The van der Waals surface area contributed by atoms with Crippen LogP contribution in [-0.2, 0) is 0 Å². The van der Waals surface area contributed by atoms with Crippen molar-refractivity contribution in [3.63, 3.8) is 0 Å². The Bertz CT molecular complexity index is 548. The van der Waals surface area contributed by atoms with Gasteiger partial charge < -0.3 is 16.2 Å². The molecule has 0 atom stereocenters. The first kappa shape index (κ1) is 12.1. The molecule has 0 fully saturated rings. The van der Waals surface area contributed by atoms with E-state index in [-0.39, 0.29) is 6.61 Å². The number of hydrogen-bond acceptors (Lipinski definition) is 5. The van der Waals surface area contributed by atoms with Gasteiger partial charge in [0.25, 0.3) is 0 Å². The highest BCUT2D eigenvalue weighted by molar-refractivity contribution is 7.18. The number of rotatable bonds is 3. The molecular weight excluding hydrogens is 234 g/mol. The van der Waals surface area contributed by atoms with Gasteiger partial charge in [0, 0.05) is 0 Å². The summed E-state index contributed by atoms with van der Waals surface area (Å²) < 4.78 is 1.09. The lowest BCUT2D eigenvalue weighted by Crippen LogP contribution is -2.35. The summed E-state index contributed by atoms with van der Waals surface area (Å²) in [4.78, 5) is 4.43. The maximum Gasteiger partial charge on any atom is 0.0907 e. The average molecular weight is 251 g/mol. The van der Waals surface area contributed by atoms with Gasteiger partial charge in [0.1, 0.15) is 0 Å². The van der Waals surface area contributed by atoms with Crippen LogP contribution in [0.2, 0.25) is 0 Å². The minimum absolute atomic E-state index is 0.0422. The van der Waals surface area contributed by atoms with Crippen molar-refractivity contribution < 1.29 is 5.11 Å². The summed E-state index contributed by atoms with van der Waals surface area (Å²) in [5.41, 5.74) is 8.04. The molecule has 0 spiro atoms. The van der Waals surface area contributed by atoms with Crippen molar-refractivity contribution in [2.24, 2.45) is 0 Å². The Morgan fingerprint density at radius 1 is 1.47 bits per heavy atom. The number of nitrogens with one attached hydrogen (secondary N) is 1. The number of nitrogen functional groups attached to an aromatic ring is 1. The van der Waals surface area contributed by atoms with Crippen LogP contribution in [-0.4, -0.2) is 22.2 Å². The van der Waals surface area contributed by atoms with Crippen LogP contribution in [0, 0.1) is 6.92 Å². The third-order valence-corrected chi connectivity index (χ3v) is 3.47. The molecule has 0 aliphatic carbocycles. The van der Waals surface area contributed by atoms with Crippen molar-refractivity contribution in [2.45, 2.75) is 26.3 Å². The van der Waals surface area contributed by atoms with Gasteiger partial charge in [-0.15, -0.1) is 11.3 Å². The molecule has 0 unspecified atom stereocenters. The van der Waals surface area contributed by atoms with Crippen molar-refractivity contribution in [1.82, 2.24) is 4.98 Å². The molecule has 0 saturated heterocycles. The minimum Gasteiger partial charge on any atom is -0.397 e. The molecule has 1 aromatic carbocycles. The Morgan fingerprint density at radius 3 is 2.82 bits per heavy atom. The Balaban J connectivity index is 2.43. The number of hydrogen-bond donors (Lipinski definition) is 3. The summed E-state index contributed by atoms with van der Waals surface area (Å²) in [7, 11) is 0. The van der Waals surface area contributed by atoms with Crippen LogP contribution in [0.15, 0.2) is 12.1 Å². The third kappa shape index (κ3) is 2.50. The van der Waals surface area contributed by atoms with Gasteiger partial charge in [-0.1, -0.05) is 0 Å². The normalized spacial score (nSPS) is 12.0. The predicted octanol–water partition coefficient (Wildman–Crippen LogP) is 2.37. The van der Waals surface area contributed by atoms with Crippen molar-refractivity contribution in [3.8, 4) is 0 Å². The maximum absolute atomic E-state index is 9.25. The summed E-state index contributed by atoms with van der Waals surface area (Å²) in [6, 6.07) is 3.86. The minimum atomic E-state index is -0.396. The van der Waals surface area contributed by atoms with Gasteiger partial charge in [0.2, 0.25) is 0 Å². The van der Waals surface area contributed by atoms with E-state index in [1.807, 2.05) is 32.9 Å². The predicted molar refractivity (Wildman–Crippen MR) is 73.6 cm³/mol. The molecule has 0 saturated carbocycles. The largest absolute Gasteiger partial charge is 0.397 e. The summed E-state index contributed by atoms with van der Waals surface area (Å²) in [6.45, 7) is 5.86. The first-order valence-electron chi connectivity index (χ1n) is 5.47. The zero-order valence-corrected chi connectivity index (χ0v) is 11.1. The second-order valence-corrected chi connectivity index (χ2v) is 6.04. The molecule has 2 rings (SSSR count). The van der Waals surface area contributed by atoms with Crippen molar-refractivity contribution in [3.05, 3.63) is 17.1 Å². The lowest BCUT2D eigenvalue weighted by molar-refractivity contribution is 0.234. The van der Waals surface area contributed by atoms with Crippen LogP contribution in [0.25, 0.3) is 10.2 Å². The van der Waals surface area contributed by atoms with Crippen LogP contribution in [0.1, 0.15) is 18.9 Å². The molecule has 0 aliphatic rings. The molecule has 0 aliphatic heterocycles. The smallest absolute Gasteiger partial charge is 0.0907 e. The highest BCUT2D eigenvalue weighted by atomic mass is 32.1. The van der Waals surface area contributed by atoms with Crippen LogP contribution >= 0.6 is 11.3 Å². The molecule has 4 nitrogen and oxygen atoms in total. The van der Waals surface area contributed by atoms with Gasteiger partial charge in [-0.25, -0.2) is 4.98 Å². The van der Waals surface area contributed by atoms with Gasteiger partial charge in [-0.2, -0.15) is 0 Å². The summed E-state index contributed by atoms with van der Waals surface area (Å²) in [5, 5.41) is 13.5. The molecule has 1 heterocycles. The van der Waals surface area contributed by atoms with E-state index in [9.17, 15) is 5.11 Å². The number of thiazole rings is 1. The van der Waals surface area contributed by atoms with Crippen LogP contribution in [0.4, 0.5) is 11.4 Å². The molecule has 4 N–H and O–H groups in total. The number of anilines is 2. The fourth-order valence-electron chi connectivity index (χ4n) is 1.62.